The number of amides is 1. The third-order valence-corrected chi connectivity index (χ3v) is 4.75. The molecule has 1 amide bonds. The van der Waals surface area contributed by atoms with Crippen molar-refractivity contribution >= 4 is 29.0 Å². The lowest BCUT2D eigenvalue weighted by Gasteiger charge is -2.27. The summed E-state index contributed by atoms with van der Waals surface area (Å²) in [5.74, 6) is -0.529. The van der Waals surface area contributed by atoms with Crippen LogP contribution in [0, 0.1) is 17.7 Å². The molecule has 3 N–H and O–H groups in total. The monoisotopic (exact) mass is 406 g/mol. The third kappa shape index (κ3) is 6.89. The van der Waals surface area contributed by atoms with Gasteiger partial charge in [0, 0.05) is 23.5 Å². The van der Waals surface area contributed by atoms with E-state index >= 15 is 0 Å². The fraction of sp³-hybridized carbons (Fsp3) is 0.318. The van der Waals surface area contributed by atoms with Gasteiger partial charge in [-0.1, -0.05) is 45.5 Å². The summed E-state index contributed by atoms with van der Waals surface area (Å²) >= 11 is 6.28. The number of halogens is 2. The van der Waals surface area contributed by atoms with Gasteiger partial charge in [-0.05, 0) is 54.7 Å². The number of carbonyl (C=O) groups is 1. The van der Waals surface area contributed by atoms with Crippen LogP contribution in [-0.4, -0.2) is 17.1 Å². The molecule has 0 aromatic heterocycles. The van der Waals surface area contributed by atoms with Crippen LogP contribution in [0.1, 0.15) is 33.3 Å². The maximum atomic E-state index is 13.5. The van der Waals surface area contributed by atoms with E-state index in [-0.39, 0.29) is 23.6 Å². The summed E-state index contributed by atoms with van der Waals surface area (Å²) in [6.07, 6.45) is 4.36. The summed E-state index contributed by atoms with van der Waals surface area (Å²) in [6.45, 7) is 15.1. The van der Waals surface area contributed by atoms with E-state index in [4.69, 9.17) is 11.6 Å². The van der Waals surface area contributed by atoms with Crippen LogP contribution in [0.15, 0.2) is 60.3 Å². The van der Waals surface area contributed by atoms with E-state index in [0.717, 1.165) is 11.6 Å². The van der Waals surface area contributed by atoms with Gasteiger partial charge < -0.3 is 15.7 Å². The Balaban J connectivity index is 3.22. The Hall–Kier alpha value is -2.53. The van der Waals surface area contributed by atoms with Crippen LogP contribution in [0.2, 0.25) is 0 Å². The average molecular weight is 407 g/mol. The lowest BCUT2D eigenvalue weighted by Crippen LogP contribution is -2.25. The molecule has 0 saturated carbocycles. The molecule has 0 radical (unpaired) electrons. The van der Waals surface area contributed by atoms with E-state index in [2.05, 4.69) is 44.6 Å². The van der Waals surface area contributed by atoms with Crippen LogP contribution < -0.4 is 10.6 Å². The zero-order valence-corrected chi connectivity index (χ0v) is 17.5. The number of hydrogen-bond acceptors (Lipinski definition) is 3. The lowest BCUT2D eigenvalue weighted by atomic mass is 9.85. The van der Waals surface area contributed by atoms with Gasteiger partial charge >= 0.3 is 0 Å². The zero-order chi connectivity index (χ0) is 21.4. The molecule has 152 valence electrons. The van der Waals surface area contributed by atoms with Crippen LogP contribution in [0.4, 0.5) is 10.1 Å². The molecule has 4 nitrogen and oxygen atoms in total. The molecule has 0 heterocycles. The first kappa shape index (κ1) is 23.5. The highest BCUT2D eigenvalue weighted by Crippen LogP contribution is 2.29. The second kappa shape index (κ2) is 10.7. The topological polar surface area (TPSA) is 61.4 Å². The quantitative estimate of drug-likeness (QED) is 0.278. The van der Waals surface area contributed by atoms with Crippen LogP contribution in [0.25, 0.3) is 5.76 Å². The molecule has 0 aliphatic rings. The summed E-state index contributed by atoms with van der Waals surface area (Å²) in [5, 5.41) is 15.9. The summed E-state index contributed by atoms with van der Waals surface area (Å²) in [6, 6.07) is 3.92. The Morgan fingerprint density at radius 3 is 2.46 bits per heavy atom. The van der Waals surface area contributed by atoms with E-state index in [1.54, 1.807) is 12.1 Å². The van der Waals surface area contributed by atoms with Gasteiger partial charge in [0.15, 0.2) is 0 Å². The Kier molecular flexibility index (Phi) is 9.00. The molecule has 0 aliphatic carbocycles. The molecule has 2 unspecified atom stereocenters. The van der Waals surface area contributed by atoms with Gasteiger partial charge in [0.05, 0.1) is 5.03 Å². The SMILES string of the molecule is C=CC(=O)N/C=C(Cl)\C=C(\C(C)Nc1ccc(F)cc1C(=C)O)C(C)C(C)C. The van der Waals surface area contributed by atoms with Crippen molar-refractivity contribution in [1.29, 1.82) is 0 Å². The van der Waals surface area contributed by atoms with E-state index in [1.165, 1.54) is 18.3 Å². The van der Waals surface area contributed by atoms with Crippen molar-refractivity contribution in [2.45, 2.75) is 33.7 Å². The van der Waals surface area contributed by atoms with Gasteiger partial charge in [0.25, 0.3) is 0 Å². The second-order valence-corrected chi connectivity index (χ2v) is 7.36. The zero-order valence-electron chi connectivity index (χ0n) is 16.7. The number of allylic oxidation sites excluding steroid dienone is 2. The highest BCUT2D eigenvalue weighted by atomic mass is 35.5. The minimum Gasteiger partial charge on any atom is -0.508 e. The molecular weight excluding hydrogens is 379 g/mol. The molecule has 0 fully saturated rings. The van der Waals surface area contributed by atoms with Crippen LogP contribution in [-0.2, 0) is 4.79 Å². The molecule has 0 bridgehead atoms. The summed E-state index contributed by atoms with van der Waals surface area (Å²) < 4.78 is 13.5. The molecule has 0 saturated heterocycles. The minimum atomic E-state index is -0.460. The minimum absolute atomic E-state index is 0.168. The first-order valence-corrected chi connectivity index (χ1v) is 9.39. The van der Waals surface area contributed by atoms with Gasteiger partial charge in [-0.25, -0.2) is 4.39 Å². The predicted octanol–water partition coefficient (Wildman–Crippen LogP) is 5.76. The van der Waals surface area contributed by atoms with Crippen LogP contribution in [0.5, 0.6) is 0 Å². The van der Waals surface area contributed by atoms with E-state index < -0.39 is 5.82 Å². The summed E-state index contributed by atoms with van der Waals surface area (Å²) in [7, 11) is 0. The molecule has 0 spiro atoms. The van der Waals surface area contributed by atoms with Crippen molar-refractivity contribution in [2.24, 2.45) is 11.8 Å². The van der Waals surface area contributed by atoms with Crippen molar-refractivity contribution < 1.29 is 14.3 Å². The molecular formula is C22H28ClFN2O2. The van der Waals surface area contributed by atoms with Crippen molar-refractivity contribution in [1.82, 2.24) is 5.32 Å². The first-order valence-electron chi connectivity index (χ1n) is 9.01. The number of aliphatic hydroxyl groups is 1. The Morgan fingerprint density at radius 1 is 1.29 bits per heavy atom. The van der Waals surface area contributed by atoms with Gasteiger partial charge in [0.2, 0.25) is 5.91 Å². The summed E-state index contributed by atoms with van der Waals surface area (Å²) in [4.78, 5) is 11.3. The number of nitrogens with one attached hydrogen (secondary N) is 2. The van der Waals surface area contributed by atoms with Crippen molar-refractivity contribution in [2.75, 3.05) is 5.32 Å². The number of anilines is 1. The Labute approximate surface area is 171 Å². The van der Waals surface area contributed by atoms with Crippen LogP contribution in [0.3, 0.4) is 0 Å². The van der Waals surface area contributed by atoms with Crippen LogP contribution >= 0.6 is 11.6 Å². The maximum Gasteiger partial charge on any atom is 0.247 e. The standard InChI is InChI=1S/C22H28ClFN2O2/c1-7-22(28)25-12-17(23)10-19(14(4)13(2)3)15(5)26-21-9-8-18(24)11-20(21)16(6)27/h7-15,26-27H,1,6H2,2-5H3,(H,25,28)/b17-12+,19-10+. The van der Waals surface area contributed by atoms with Gasteiger partial charge in [-0.3, -0.25) is 4.79 Å². The molecule has 6 heteroatoms. The summed E-state index contributed by atoms with van der Waals surface area (Å²) in [5.41, 5.74) is 1.84. The lowest BCUT2D eigenvalue weighted by molar-refractivity contribution is -0.115. The molecule has 0 aliphatic heterocycles. The van der Waals surface area contributed by atoms with Crippen molar-refractivity contribution in [3.8, 4) is 0 Å². The normalized spacial score (nSPS) is 14.4. The van der Waals surface area contributed by atoms with Gasteiger partial charge in [0.1, 0.15) is 11.6 Å². The molecule has 2 atom stereocenters. The largest absolute Gasteiger partial charge is 0.508 e. The molecule has 1 aromatic rings. The fourth-order valence-electron chi connectivity index (χ4n) is 2.63. The third-order valence-electron chi connectivity index (χ3n) is 4.53. The second-order valence-electron chi connectivity index (χ2n) is 6.92. The number of benzene rings is 1. The smallest absolute Gasteiger partial charge is 0.247 e. The van der Waals surface area contributed by atoms with Crippen molar-refractivity contribution in [3.63, 3.8) is 0 Å². The Morgan fingerprint density at radius 2 is 1.93 bits per heavy atom. The Bertz CT molecular complexity index is 800. The number of aliphatic hydroxyl groups excluding tert-OH is 1. The average Bonchev–Trinajstić information content (AvgIpc) is 2.64. The highest BCUT2D eigenvalue weighted by molar-refractivity contribution is 6.31. The number of hydrogen-bond donors (Lipinski definition) is 3. The van der Waals surface area contributed by atoms with Gasteiger partial charge in [-0.15, -0.1) is 0 Å². The first-order chi connectivity index (χ1) is 13.1. The number of carbonyl (C=O) groups excluding carboxylic acids is 1. The molecule has 1 aromatic carbocycles. The fourth-order valence-corrected chi connectivity index (χ4v) is 2.81. The molecule has 1 rings (SSSR count). The van der Waals surface area contributed by atoms with E-state index in [0.29, 0.717) is 22.2 Å². The maximum absolute atomic E-state index is 13.5. The predicted molar refractivity (Wildman–Crippen MR) is 116 cm³/mol. The molecule has 28 heavy (non-hydrogen) atoms. The van der Waals surface area contributed by atoms with Gasteiger partial charge in [-0.2, -0.15) is 0 Å². The number of rotatable bonds is 9. The van der Waals surface area contributed by atoms with E-state index in [9.17, 15) is 14.3 Å². The van der Waals surface area contributed by atoms with E-state index in [1.807, 2.05) is 6.92 Å². The highest BCUT2D eigenvalue weighted by Gasteiger charge is 2.20. The van der Waals surface area contributed by atoms with Crippen molar-refractivity contribution in [3.05, 3.63) is 71.7 Å².